The molecule has 1 fully saturated rings. The van der Waals surface area contributed by atoms with Crippen LogP contribution in [0.5, 0.6) is 0 Å². The number of morpholine rings is 1. The summed E-state index contributed by atoms with van der Waals surface area (Å²) in [5.41, 5.74) is 6.93. The number of hydrogen-bond donors (Lipinski definition) is 2. The van der Waals surface area contributed by atoms with Crippen LogP contribution in [0.15, 0.2) is 163 Å². The summed E-state index contributed by atoms with van der Waals surface area (Å²) in [5.74, 6) is 0.486. The third-order valence-corrected chi connectivity index (χ3v) is 12.8. The van der Waals surface area contributed by atoms with E-state index >= 15 is 0 Å². The molecule has 0 bridgehead atoms. The predicted molar refractivity (Wildman–Crippen MR) is 235 cm³/mol. The Morgan fingerprint density at radius 3 is 1.90 bits per heavy atom. The summed E-state index contributed by atoms with van der Waals surface area (Å²) < 4.78 is 36.0. The molecule has 7 aromatic rings. The molecule has 12 heteroatoms. The summed E-state index contributed by atoms with van der Waals surface area (Å²) in [6.45, 7) is 3.70. The van der Waals surface area contributed by atoms with Gasteiger partial charge in [-0.05, 0) is 68.4 Å². The molecule has 1 saturated heterocycles. The van der Waals surface area contributed by atoms with Gasteiger partial charge in [0.15, 0.2) is 5.82 Å². The zero-order valence-corrected chi connectivity index (χ0v) is 34.3. The molecule has 0 aliphatic carbocycles. The monoisotopic (exact) mass is 817 g/mol. The highest BCUT2D eigenvalue weighted by Gasteiger charge is 2.42. The van der Waals surface area contributed by atoms with Gasteiger partial charge in [-0.25, -0.2) is 13.1 Å². The zero-order valence-electron chi connectivity index (χ0n) is 33.4. The summed E-state index contributed by atoms with van der Waals surface area (Å²) in [6, 6.07) is 52.1. The summed E-state index contributed by atoms with van der Waals surface area (Å²) >= 11 is 0. The first-order valence-electron chi connectivity index (χ1n) is 20.3. The predicted octanol–water partition coefficient (Wildman–Crippen LogP) is 8.61. The first-order valence-corrected chi connectivity index (χ1v) is 21.7. The number of nitrogens with zero attached hydrogens (tertiary/aromatic N) is 5. The minimum atomic E-state index is -3.76. The van der Waals surface area contributed by atoms with Crippen LogP contribution in [0.25, 0.3) is 22.5 Å². The van der Waals surface area contributed by atoms with Crippen molar-refractivity contribution in [1.29, 1.82) is 0 Å². The second kappa shape index (κ2) is 18.2. The largest absolute Gasteiger partial charge is 0.379 e. The molecular formula is C48H47N7O4S. The number of carbonyl (C=O) groups excluding carboxylic acids is 1. The van der Waals surface area contributed by atoms with E-state index in [1.807, 2.05) is 96.5 Å². The number of amides is 1. The molecule has 2 heterocycles. The number of carbonyl (C=O) groups is 1. The van der Waals surface area contributed by atoms with Crippen LogP contribution in [-0.2, 0) is 31.6 Å². The number of benzene rings is 6. The molecule has 304 valence electrons. The lowest BCUT2D eigenvalue weighted by Crippen LogP contribution is -2.40. The molecule has 1 amide bonds. The molecule has 11 nitrogen and oxygen atoms in total. The molecular weight excluding hydrogens is 771 g/mol. The van der Waals surface area contributed by atoms with E-state index in [0.717, 1.165) is 51.8 Å². The number of anilines is 2. The third kappa shape index (κ3) is 8.22. The zero-order chi connectivity index (χ0) is 41.4. The van der Waals surface area contributed by atoms with Crippen LogP contribution in [0.2, 0.25) is 0 Å². The molecule has 0 atom stereocenters. The fourth-order valence-corrected chi connectivity index (χ4v) is 9.28. The average Bonchev–Trinajstić information content (AvgIpc) is 3.80. The Bertz CT molecular complexity index is 2540. The van der Waals surface area contributed by atoms with Crippen molar-refractivity contribution in [1.82, 2.24) is 24.5 Å². The van der Waals surface area contributed by atoms with Crippen molar-refractivity contribution in [2.24, 2.45) is 0 Å². The number of ether oxygens (including phenoxy) is 1. The Hall–Kier alpha value is -6.47. The molecule has 0 radical (unpaired) electrons. The van der Waals surface area contributed by atoms with Crippen LogP contribution >= 0.6 is 0 Å². The van der Waals surface area contributed by atoms with Crippen LogP contribution in [0.3, 0.4) is 0 Å². The summed E-state index contributed by atoms with van der Waals surface area (Å²) in [4.78, 5) is 13.0. The van der Waals surface area contributed by atoms with Gasteiger partial charge < -0.3 is 15.4 Å². The van der Waals surface area contributed by atoms with E-state index in [-0.39, 0.29) is 10.8 Å². The topological polar surface area (TPSA) is 131 Å². The van der Waals surface area contributed by atoms with Crippen molar-refractivity contribution in [3.63, 3.8) is 0 Å². The molecule has 0 unspecified atom stereocenters. The standard InChI is InChI=1S/C48H47N7O4S/c1-2-3-23-46(56)50-44-29-28-41(60(57,58)54-30-32-59-33-31-54)34-45(44)49-35-36-24-26-37(27-25-36)42-21-13-14-22-43(42)47-51-52-53-55(47)48(38-15-7-4-8-16-38,39-17-9-5-10-18-39)40-19-11-6-12-20-40/h4-22,24-29,34,49H,2-3,23,30-33,35H2,1H3,(H,50,56). The van der Waals surface area contributed by atoms with Crippen LogP contribution in [0.4, 0.5) is 11.4 Å². The maximum absolute atomic E-state index is 13.6. The van der Waals surface area contributed by atoms with Crippen molar-refractivity contribution in [2.75, 3.05) is 36.9 Å². The van der Waals surface area contributed by atoms with Crippen LogP contribution in [0, 0.1) is 0 Å². The minimum absolute atomic E-state index is 0.119. The second-order valence-corrected chi connectivity index (χ2v) is 16.6. The lowest BCUT2D eigenvalue weighted by atomic mass is 9.77. The van der Waals surface area contributed by atoms with Crippen LogP contribution in [0.1, 0.15) is 48.4 Å². The van der Waals surface area contributed by atoms with E-state index in [1.165, 1.54) is 4.31 Å². The Morgan fingerprint density at radius 2 is 1.30 bits per heavy atom. The maximum Gasteiger partial charge on any atom is 0.243 e. The number of hydrogen-bond acceptors (Lipinski definition) is 8. The van der Waals surface area contributed by atoms with Gasteiger partial charge in [0.1, 0.15) is 5.54 Å². The number of sulfonamides is 1. The number of aromatic nitrogens is 4. The minimum Gasteiger partial charge on any atom is -0.379 e. The maximum atomic E-state index is 13.6. The van der Waals surface area contributed by atoms with E-state index < -0.39 is 15.6 Å². The Balaban J connectivity index is 1.12. The number of nitrogens with one attached hydrogen (secondary N) is 2. The van der Waals surface area contributed by atoms with Gasteiger partial charge in [0, 0.05) is 31.6 Å². The van der Waals surface area contributed by atoms with E-state index in [2.05, 4.69) is 70.4 Å². The van der Waals surface area contributed by atoms with Gasteiger partial charge in [0.05, 0.1) is 29.5 Å². The SMILES string of the molecule is CCCCC(=O)Nc1ccc(S(=O)(=O)N2CCOCC2)cc1NCc1ccc(-c2ccccc2-c2nnnn2C(c2ccccc2)(c2ccccc2)c2ccccc2)cc1. The lowest BCUT2D eigenvalue weighted by molar-refractivity contribution is -0.116. The van der Waals surface area contributed by atoms with Gasteiger partial charge >= 0.3 is 0 Å². The van der Waals surface area contributed by atoms with Gasteiger partial charge in [-0.2, -0.15) is 4.31 Å². The first-order chi connectivity index (χ1) is 29.4. The molecule has 2 N–H and O–H groups in total. The Kier molecular flexibility index (Phi) is 12.2. The molecule has 1 aliphatic rings. The summed E-state index contributed by atoms with van der Waals surface area (Å²) in [7, 11) is -3.76. The van der Waals surface area contributed by atoms with E-state index in [4.69, 9.17) is 15.0 Å². The van der Waals surface area contributed by atoms with Crippen molar-refractivity contribution < 1.29 is 17.9 Å². The highest BCUT2D eigenvalue weighted by Crippen LogP contribution is 2.43. The number of rotatable bonds is 15. The third-order valence-electron chi connectivity index (χ3n) is 10.9. The highest BCUT2D eigenvalue weighted by atomic mass is 32.2. The number of unbranched alkanes of at least 4 members (excludes halogenated alkanes) is 1. The van der Waals surface area contributed by atoms with Crippen molar-refractivity contribution in [3.8, 4) is 22.5 Å². The molecule has 0 saturated carbocycles. The fraction of sp³-hybridized carbons (Fsp3) is 0.208. The van der Waals surface area contributed by atoms with Gasteiger partial charge in [-0.3, -0.25) is 4.79 Å². The van der Waals surface area contributed by atoms with Crippen molar-refractivity contribution in [3.05, 3.63) is 180 Å². The quantitative estimate of drug-likeness (QED) is 0.0985. The van der Waals surface area contributed by atoms with Gasteiger partial charge in [-0.15, -0.1) is 5.10 Å². The Labute approximate surface area is 351 Å². The second-order valence-electron chi connectivity index (χ2n) is 14.7. The van der Waals surface area contributed by atoms with E-state index in [9.17, 15) is 13.2 Å². The molecule has 1 aromatic heterocycles. The molecule has 60 heavy (non-hydrogen) atoms. The highest BCUT2D eigenvalue weighted by molar-refractivity contribution is 7.89. The normalized spacial score (nSPS) is 13.5. The molecule has 1 aliphatic heterocycles. The first kappa shape index (κ1) is 40.3. The summed E-state index contributed by atoms with van der Waals surface area (Å²) in [5, 5.41) is 20.2. The van der Waals surface area contributed by atoms with Gasteiger partial charge in [0.25, 0.3) is 0 Å². The molecule has 0 spiro atoms. The average molecular weight is 818 g/mol. The smallest absolute Gasteiger partial charge is 0.243 e. The fourth-order valence-electron chi connectivity index (χ4n) is 7.84. The lowest BCUT2D eigenvalue weighted by Gasteiger charge is -2.36. The molecule has 8 rings (SSSR count). The van der Waals surface area contributed by atoms with Crippen LogP contribution < -0.4 is 10.6 Å². The van der Waals surface area contributed by atoms with E-state index in [0.29, 0.717) is 56.5 Å². The van der Waals surface area contributed by atoms with Crippen molar-refractivity contribution >= 4 is 27.3 Å². The van der Waals surface area contributed by atoms with Crippen LogP contribution in [-0.4, -0.2) is 65.1 Å². The van der Waals surface area contributed by atoms with E-state index in [1.54, 1.807) is 18.2 Å². The number of tetrazole rings is 1. The molecule has 6 aromatic carbocycles. The van der Waals surface area contributed by atoms with Gasteiger partial charge in [0.2, 0.25) is 15.9 Å². The Morgan fingerprint density at radius 1 is 0.717 bits per heavy atom. The summed E-state index contributed by atoms with van der Waals surface area (Å²) in [6.07, 6.45) is 2.03. The van der Waals surface area contributed by atoms with Gasteiger partial charge in [-0.1, -0.05) is 153 Å². The van der Waals surface area contributed by atoms with Crippen molar-refractivity contribution in [2.45, 2.75) is 43.2 Å².